The van der Waals surface area contributed by atoms with Gasteiger partial charge in [0, 0.05) is 22.8 Å². The first-order chi connectivity index (χ1) is 11.1. The molecule has 1 heterocycles. The van der Waals surface area contributed by atoms with Gasteiger partial charge in [0.15, 0.2) is 11.5 Å². The zero-order valence-corrected chi connectivity index (χ0v) is 13.4. The fourth-order valence-electron chi connectivity index (χ4n) is 2.29. The minimum absolute atomic E-state index is 0.152. The smallest absolute Gasteiger partial charge is 0.338 e. The number of carbonyl (C=O) groups is 1. The molecule has 0 bridgehead atoms. The molecule has 2 aromatic carbocycles. The Morgan fingerprint density at radius 3 is 2.78 bits per heavy atom. The molecule has 1 atom stereocenters. The van der Waals surface area contributed by atoms with Crippen molar-refractivity contribution in [3.8, 4) is 11.5 Å². The highest BCUT2D eigenvalue weighted by Crippen LogP contribution is 2.32. The number of hydrogen-bond acceptors (Lipinski definition) is 5. The molecule has 0 amide bonds. The Morgan fingerprint density at radius 1 is 1.13 bits per heavy atom. The molecule has 0 spiro atoms. The first kappa shape index (κ1) is 15.6. The monoisotopic (exact) mass is 332 g/mol. The topological polar surface area (TPSA) is 61.8 Å². The van der Waals surface area contributed by atoms with Gasteiger partial charge in [-0.1, -0.05) is 18.2 Å². The molecule has 0 radical (unpaired) electrons. The summed E-state index contributed by atoms with van der Waals surface area (Å²) in [6.07, 6.45) is 1.63. The van der Waals surface area contributed by atoms with Gasteiger partial charge in [-0.15, -0.1) is 0 Å². The lowest BCUT2D eigenvalue weighted by Gasteiger charge is -2.07. The average Bonchev–Trinajstić information content (AvgIpc) is 3.00. The van der Waals surface area contributed by atoms with E-state index in [-0.39, 0.29) is 13.4 Å². The summed E-state index contributed by atoms with van der Waals surface area (Å²) in [7, 11) is -0.949. The van der Waals surface area contributed by atoms with E-state index >= 15 is 0 Å². The predicted molar refractivity (Wildman–Crippen MR) is 85.9 cm³/mol. The lowest BCUT2D eigenvalue weighted by molar-refractivity contribution is 0.0472. The number of esters is 1. The van der Waals surface area contributed by atoms with E-state index < -0.39 is 16.8 Å². The fraction of sp³-hybridized carbons (Fsp3) is 0.235. The van der Waals surface area contributed by atoms with Crippen LogP contribution >= 0.6 is 0 Å². The van der Waals surface area contributed by atoms with Gasteiger partial charge in [0.2, 0.25) is 6.79 Å². The van der Waals surface area contributed by atoms with Crippen molar-refractivity contribution in [1.29, 1.82) is 0 Å². The molecule has 2 aromatic rings. The molecular weight excluding hydrogens is 316 g/mol. The van der Waals surface area contributed by atoms with Gasteiger partial charge in [-0.25, -0.2) is 4.79 Å². The summed E-state index contributed by atoms with van der Waals surface area (Å²) in [5.74, 6) is 1.36. The zero-order chi connectivity index (χ0) is 16.2. The minimum Gasteiger partial charge on any atom is -0.457 e. The number of benzene rings is 2. The van der Waals surface area contributed by atoms with Gasteiger partial charge in [0.1, 0.15) is 6.61 Å². The van der Waals surface area contributed by atoms with Crippen LogP contribution in [0.4, 0.5) is 0 Å². The molecule has 120 valence electrons. The van der Waals surface area contributed by atoms with Crippen LogP contribution in [0.2, 0.25) is 0 Å². The number of rotatable bonds is 5. The van der Waals surface area contributed by atoms with Crippen LogP contribution < -0.4 is 9.47 Å². The summed E-state index contributed by atoms with van der Waals surface area (Å²) in [6, 6.07) is 12.4. The summed E-state index contributed by atoms with van der Waals surface area (Å²) >= 11 is 0. The molecule has 0 aromatic heterocycles. The maximum atomic E-state index is 12.1. The van der Waals surface area contributed by atoms with Crippen LogP contribution in [-0.2, 0) is 27.9 Å². The third kappa shape index (κ3) is 3.90. The lowest BCUT2D eigenvalue weighted by atomic mass is 10.1. The van der Waals surface area contributed by atoms with E-state index in [9.17, 15) is 9.00 Å². The maximum Gasteiger partial charge on any atom is 0.338 e. The second-order valence-electron chi connectivity index (χ2n) is 5.18. The van der Waals surface area contributed by atoms with Gasteiger partial charge >= 0.3 is 5.97 Å². The van der Waals surface area contributed by atoms with Crippen LogP contribution in [0.5, 0.6) is 11.5 Å². The Morgan fingerprint density at radius 2 is 1.96 bits per heavy atom. The van der Waals surface area contributed by atoms with E-state index in [1.165, 1.54) is 0 Å². The third-order valence-corrected chi connectivity index (χ3v) is 4.08. The van der Waals surface area contributed by atoms with Gasteiger partial charge in [0.05, 0.1) is 5.56 Å². The van der Waals surface area contributed by atoms with Crippen LogP contribution in [0.3, 0.4) is 0 Å². The Hall–Kier alpha value is -2.34. The van der Waals surface area contributed by atoms with Crippen molar-refractivity contribution in [3.05, 3.63) is 59.2 Å². The number of ether oxygens (including phenoxy) is 3. The van der Waals surface area contributed by atoms with Crippen molar-refractivity contribution in [3.63, 3.8) is 0 Å². The van der Waals surface area contributed by atoms with Gasteiger partial charge in [0.25, 0.3) is 0 Å². The van der Waals surface area contributed by atoms with Crippen molar-refractivity contribution >= 4 is 16.8 Å². The van der Waals surface area contributed by atoms with Crippen molar-refractivity contribution in [1.82, 2.24) is 0 Å². The lowest BCUT2D eigenvalue weighted by Crippen LogP contribution is -2.06. The molecule has 5 nitrogen and oxygen atoms in total. The minimum atomic E-state index is -0.949. The molecule has 23 heavy (non-hydrogen) atoms. The summed E-state index contributed by atoms with van der Waals surface area (Å²) in [4.78, 5) is 12.1. The average molecular weight is 332 g/mol. The van der Waals surface area contributed by atoms with Crippen molar-refractivity contribution in [2.24, 2.45) is 0 Å². The highest BCUT2D eigenvalue weighted by molar-refractivity contribution is 7.83. The molecular formula is C17H16O5S. The summed E-state index contributed by atoms with van der Waals surface area (Å²) in [6.45, 7) is 0.365. The standard InChI is InChI=1S/C17H16O5S/c1-23(19)10-13-3-2-4-14(7-13)17(18)20-9-12-5-6-15-16(8-12)22-11-21-15/h2-8H,9-11H2,1H3. The Bertz CT molecular complexity index is 756. The molecule has 3 rings (SSSR count). The molecule has 0 aliphatic carbocycles. The SMILES string of the molecule is CS(=O)Cc1cccc(C(=O)OCc2ccc3c(c2)OCO3)c1. The van der Waals surface area contributed by atoms with E-state index in [4.69, 9.17) is 14.2 Å². The Labute approximate surface area is 136 Å². The molecule has 6 heteroatoms. The Balaban J connectivity index is 1.64. The fourth-order valence-corrected chi connectivity index (χ4v) is 2.93. The van der Waals surface area contributed by atoms with Crippen LogP contribution in [-0.4, -0.2) is 23.2 Å². The van der Waals surface area contributed by atoms with Gasteiger partial charge in [-0.3, -0.25) is 4.21 Å². The second-order valence-corrected chi connectivity index (χ2v) is 6.62. The van der Waals surface area contributed by atoms with Crippen molar-refractivity contribution in [2.75, 3.05) is 13.0 Å². The van der Waals surface area contributed by atoms with E-state index in [1.54, 1.807) is 36.6 Å². The molecule has 1 aliphatic heterocycles. The highest BCUT2D eigenvalue weighted by atomic mass is 32.2. The van der Waals surface area contributed by atoms with Crippen LogP contribution in [0, 0.1) is 0 Å². The van der Waals surface area contributed by atoms with E-state index in [0.29, 0.717) is 22.8 Å². The van der Waals surface area contributed by atoms with Gasteiger partial charge in [-0.05, 0) is 35.4 Å². The molecule has 1 aliphatic rings. The van der Waals surface area contributed by atoms with Crippen molar-refractivity contribution in [2.45, 2.75) is 12.4 Å². The van der Waals surface area contributed by atoms with Crippen molar-refractivity contribution < 1.29 is 23.2 Å². The predicted octanol–water partition coefficient (Wildman–Crippen LogP) is 2.65. The largest absolute Gasteiger partial charge is 0.457 e. The highest BCUT2D eigenvalue weighted by Gasteiger charge is 2.14. The normalized spacial score (nSPS) is 13.6. The van der Waals surface area contributed by atoms with Crippen LogP contribution in [0.25, 0.3) is 0 Å². The van der Waals surface area contributed by atoms with Gasteiger partial charge in [-0.2, -0.15) is 0 Å². The maximum absolute atomic E-state index is 12.1. The van der Waals surface area contributed by atoms with Crippen LogP contribution in [0.15, 0.2) is 42.5 Å². The number of fused-ring (bicyclic) bond motifs is 1. The second kappa shape index (κ2) is 6.83. The molecule has 0 saturated heterocycles. The quantitative estimate of drug-likeness (QED) is 0.788. The first-order valence-electron chi connectivity index (χ1n) is 7.06. The molecule has 0 N–H and O–H groups in total. The van der Waals surface area contributed by atoms with Gasteiger partial charge < -0.3 is 14.2 Å². The summed E-state index contributed by atoms with van der Waals surface area (Å²) < 4.78 is 27.1. The molecule has 0 fully saturated rings. The zero-order valence-electron chi connectivity index (χ0n) is 12.6. The van der Waals surface area contributed by atoms with E-state index in [1.807, 2.05) is 12.1 Å². The van der Waals surface area contributed by atoms with E-state index in [0.717, 1.165) is 11.1 Å². The molecule has 0 saturated carbocycles. The summed E-state index contributed by atoms with van der Waals surface area (Å²) in [5.41, 5.74) is 2.13. The summed E-state index contributed by atoms with van der Waals surface area (Å²) in [5, 5.41) is 0. The Kier molecular flexibility index (Phi) is 4.62. The molecule has 1 unspecified atom stereocenters. The third-order valence-electron chi connectivity index (χ3n) is 3.34. The number of hydrogen-bond donors (Lipinski definition) is 0. The number of carbonyl (C=O) groups excluding carboxylic acids is 1. The first-order valence-corrected chi connectivity index (χ1v) is 8.79. The van der Waals surface area contributed by atoms with E-state index in [2.05, 4.69) is 0 Å². The van der Waals surface area contributed by atoms with Crippen LogP contribution in [0.1, 0.15) is 21.5 Å².